The first kappa shape index (κ1) is 18.0. The lowest BCUT2D eigenvalue weighted by Crippen LogP contribution is -2.44. The lowest BCUT2D eigenvalue weighted by atomic mass is 10.1. The van der Waals surface area contributed by atoms with Gasteiger partial charge in [0, 0.05) is 37.0 Å². The lowest BCUT2D eigenvalue weighted by Gasteiger charge is -2.32. The minimum absolute atomic E-state index is 0.121. The Balaban J connectivity index is 1.39. The third kappa shape index (κ3) is 4.83. The molecule has 0 fully saturated rings. The van der Waals surface area contributed by atoms with Crippen molar-refractivity contribution in [2.45, 2.75) is 38.8 Å². The molecule has 1 aliphatic heterocycles. The molecule has 134 valence electrons. The second-order valence-corrected chi connectivity index (χ2v) is 7.59. The molecular weight excluding hydrogens is 332 g/mol. The summed E-state index contributed by atoms with van der Waals surface area (Å²) >= 11 is 1.86. The molecule has 0 aliphatic carbocycles. The number of rotatable bonds is 7. The van der Waals surface area contributed by atoms with Crippen LogP contribution in [0, 0.1) is 0 Å². The fourth-order valence-electron chi connectivity index (χ4n) is 3.18. The van der Waals surface area contributed by atoms with E-state index < -0.39 is 0 Å². The van der Waals surface area contributed by atoms with Crippen molar-refractivity contribution in [3.05, 3.63) is 51.7 Å². The van der Waals surface area contributed by atoms with Crippen molar-refractivity contribution < 1.29 is 9.53 Å². The summed E-state index contributed by atoms with van der Waals surface area (Å²) in [5, 5.41) is 5.27. The van der Waals surface area contributed by atoms with Crippen LogP contribution in [0.15, 0.2) is 35.7 Å². The highest BCUT2D eigenvalue weighted by Gasteiger charge is 2.21. The van der Waals surface area contributed by atoms with Gasteiger partial charge in [0.2, 0.25) is 5.91 Å². The molecule has 0 bridgehead atoms. The summed E-state index contributed by atoms with van der Waals surface area (Å²) in [5.74, 6) is 0.966. The maximum Gasteiger partial charge on any atom is 0.220 e. The molecule has 0 spiro atoms. The monoisotopic (exact) mass is 358 g/mol. The van der Waals surface area contributed by atoms with Crippen molar-refractivity contribution in [3.8, 4) is 5.75 Å². The normalized spacial score (nSPS) is 15.4. The van der Waals surface area contributed by atoms with Gasteiger partial charge in [-0.15, -0.1) is 11.3 Å². The number of carbonyl (C=O) groups excluding carboxylic acids is 1. The molecule has 4 nitrogen and oxygen atoms in total. The van der Waals surface area contributed by atoms with E-state index in [1.54, 1.807) is 7.11 Å². The topological polar surface area (TPSA) is 41.6 Å². The molecule has 1 unspecified atom stereocenters. The number of nitrogens with zero attached hydrogens (tertiary/aromatic N) is 1. The molecule has 3 rings (SSSR count). The smallest absolute Gasteiger partial charge is 0.220 e. The van der Waals surface area contributed by atoms with E-state index in [0.29, 0.717) is 19.0 Å². The molecule has 1 amide bonds. The summed E-state index contributed by atoms with van der Waals surface area (Å²) in [4.78, 5) is 16.1. The van der Waals surface area contributed by atoms with Crippen LogP contribution in [-0.2, 0) is 24.2 Å². The molecule has 0 saturated heterocycles. The number of methoxy groups -OCH3 is 1. The van der Waals surface area contributed by atoms with Crippen LogP contribution in [0.4, 0.5) is 0 Å². The number of thiophene rings is 1. The van der Waals surface area contributed by atoms with Gasteiger partial charge in [0.1, 0.15) is 5.75 Å². The van der Waals surface area contributed by atoms with Crippen LogP contribution in [0.1, 0.15) is 29.3 Å². The average Bonchev–Trinajstić information content (AvgIpc) is 3.12. The van der Waals surface area contributed by atoms with E-state index in [4.69, 9.17) is 4.74 Å². The molecule has 1 atom stereocenters. The van der Waals surface area contributed by atoms with Gasteiger partial charge in [0.15, 0.2) is 0 Å². The van der Waals surface area contributed by atoms with E-state index in [-0.39, 0.29) is 5.91 Å². The maximum absolute atomic E-state index is 12.1. The van der Waals surface area contributed by atoms with E-state index in [1.165, 1.54) is 10.4 Å². The van der Waals surface area contributed by atoms with Crippen molar-refractivity contribution in [1.29, 1.82) is 0 Å². The number of amides is 1. The minimum Gasteiger partial charge on any atom is -0.497 e. The zero-order chi connectivity index (χ0) is 17.6. The van der Waals surface area contributed by atoms with E-state index in [1.807, 2.05) is 35.6 Å². The van der Waals surface area contributed by atoms with Crippen molar-refractivity contribution in [3.63, 3.8) is 0 Å². The van der Waals surface area contributed by atoms with Gasteiger partial charge < -0.3 is 10.1 Å². The van der Waals surface area contributed by atoms with E-state index in [0.717, 1.165) is 37.2 Å². The Bertz CT molecular complexity index is 696. The molecular formula is C20H26N2O2S. The predicted molar refractivity (Wildman–Crippen MR) is 102 cm³/mol. The second-order valence-electron chi connectivity index (χ2n) is 6.59. The van der Waals surface area contributed by atoms with Crippen molar-refractivity contribution in [2.24, 2.45) is 0 Å². The molecule has 5 heteroatoms. The standard InChI is InChI=1S/C20H26N2O2S/c1-15(22-11-9-19-17(14-22)10-12-25-19)13-21-20(23)8-5-16-3-6-18(24-2)7-4-16/h3-4,6-7,10,12,15H,5,8-9,11,13-14H2,1-2H3,(H,21,23). The van der Waals surface area contributed by atoms with E-state index >= 15 is 0 Å². The SMILES string of the molecule is COc1ccc(CCC(=O)NCC(C)N2CCc3sccc3C2)cc1. The van der Waals surface area contributed by atoms with Gasteiger partial charge in [-0.05, 0) is 54.5 Å². The quantitative estimate of drug-likeness (QED) is 0.826. The van der Waals surface area contributed by atoms with Crippen molar-refractivity contribution >= 4 is 17.2 Å². The summed E-state index contributed by atoms with van der Waals surface area (Å²) in [6.45, 7) is 4.99. The zero-order valence-corrected chi connectivity index (χ0v) is 15.8. The number of hydrogen-bond donors (Lipinski definition) is 1. The Kier molecular flexibility index (Phi) is 6.10. The van der Waals surface area contributed by atoms with Gasteiger partial charge in [-0.3, -0.25) is 9.69 Å². The molecule has 1 N–H and O–H groups in total. The Morgan fingerprint density at radius 2 is 2.12 bits per heavy atom. The van der Waals surface area contributed by atoms with Gasteiger partial charge in [-0.25, -0.2) is 0 Å². The fraction of sp³-hybridized carbons (Fsp3) is 0.450. The number of benzene rings is 1. The van der Waals surface area contributed by atoms with Crippen LogP contribution in [0.25, 0.3) is 0 Å². The zero-order valence-electron chi connectivity index (χ0n) is 15.0. The number of aryl methyl sites for hydroxylation is 1. The number of ether oxygens (including phenoxy) is 1. The van der Waals surface area contributed by atoms with Gasteiger partial charge in [0.05, 0.1) is 7.11 Å². The first-order chi connectivity index (χ1) is 12.2. The first-order valence-corrected chi connectivity index (χ1v) is 9.72. The van der Waals surface area contributed by atoms with Crippen LogP contribution in [0.5, 0.6) is 5.75 Å². The van der Waals surface area contributed by atoms with Crippen molar-refractivity contribution in [1.82, 2.24) is 10.2 Å². The number of hydrogen-bond acceptors (Lipinski definition) is 4. The fourth-order valence-corrected chi connectivity index (χ4v) is 4.07. The molecule has 0 radical (unpaired) electrons. The van der Waals surface area contributed by atoms with Gasteiger partial charge in [-0.2, -0.15) is 0 Å². The van der Waals surface area contributed by atoms with Gasteiger partial charge in [0.25, 0.3) is 0 Å². The second kappa shape index (κ2) is 8.50. The Morgan fingerprint density at radius 3 is 2.88 bits per heavy atom. The summed E-state index contributed by atoms with van der Waals surface area (Å²) in [6.07, 6.45) is 2.41. The predicted octanol–water partition coefficient (Wildman–Crippen LogP) is 3.25. The summed E-state index contributed by atoms with van der Waals surface area (Å²) in [6, 6.07) is 10.5. The third-order valence-corrected chi connectivity index (χ3v) is 5.88. The van der Waals surface area contributed by atoms with Crippen LogP contribution < -0.4 is 10.1 Å². The lowest BCUT2D eigenvalue weighted by molar-refractivity contribution is -0.121. The van der Waals surface area contributed by atoms with E-state index in [2.05, 4.69) is 28.6 Å². The van der Waals surface area contributed by atoms with Crippen LogP contribution in [-0.4, -0.2) is 37.0 Å². The molecule has 1 aromatic carbocycles. The molecule has 25 heavy (non-hydrogen) atoms. The molecule has 2 heterocycles. The van der Waals surface area contributed by atoms with Gasteiger partial charge >= 0.3 is 0 Å². The maximum atomic E-state index is 12.1. The van der Waals surface area contributed by atoms with Crippen LogP contribution in [0.2, 0.25) is 0 Å². The Hall–Kier alpha value is -1.85. The third-order valence-electron chi connectivity index (χ3n) is 4.85. The number of carbonyl (C=O) groups is 1. The first-order valence-electron chi connectivity index (χ1n) is 8.84. The highest BCUT2D eigenvalue weighted by molar-refractivity contribution is 7.10. The number of fused-ring (bicyclic) bond motifs is 1. The Morgan fingerprint density at radius 1 is 1.32 bits per heavy atom. The summed E-state index contributed by atoms with van der Waals surface area (Å²) in [5.41, 5.74) is 2.61. The van der Waals surface area contributed by atoms with Gasteiger partial charge in [-0.1, -0.05) is 12.1 Å². The average molecular weight is 359 g/mol. The van der Waals surface area contributed by atoms with Crippen LogP contribution >= 0.6 is 11.3 Å². The molecule has 1 aromatic heterocycles. The molecule has 1 aliphatic rings. The molecule has 0 saturated carbocycles. The summed E-state index contributed by atoms with van der Waals surface area (Å²) in [7, 11) is 1.66. The van der Waals surface area contributed by atoms with E-state index in [9.17, 15) is 4.79 Å². The highest BCUT2D eigenvalue weighted by atomic mass is 32.1. The Labute approximate surface area is 153 Å². The largest absolute Gasteiger partial charge is 0.497 e. The molecule has 2 aromatic rings. The highest BCUT2D eigenvalue weighted by Crippen LogP contribution is 2.25. The number of nitrogens with one attached hydrogen (secondary N) is 1. The van der Waals surface area contributed by atoms with Crippen molar-refractivity contribution in [2.75, 3.05) is 20.2 Å². The van der Waals surface area contributed by atoms with Crippen LogP contribution in [0.3, 0.4) is 0 Å². The minimum atomic E-state index is 0.121. The summed E-state index contributed by atoms with van der Waals surface area (Å²) < 4.78 is 5.15.